The van der Waals surface area contributed by atoms with Crippen molar-refractivity contribution in [3.8, 4) is 0 Å². The van der Waals surface area contributed by atoms with Crippen LogP contribution in [0.2, 0.25) is 0 Å². The van der Waals surface area contributed by atoms with E-state index in [-0.39, 0.29) is 17.0 Å². The van der Waals surface area contributed by atoms with Crippen molar-refractivity contribution in [1.29, 1.82) is 0 Å². The Bertz CT molecular complexity index is 751. The lowest BCUT2D eigenvalue weighted by Crippen LogP contribution is -2.38. The third kappa shape index (κ3) is 3.22. The van der Waals surface area contributed by atoms with Gasteiger partial charge < -0.3 is 9.52 Å². The lowest BCUT2D eigenvalue weighted by Gasteiger charge is -2.17. The molecule has 104 valence electrons. The van der Waals surface area contributed by atoms with Crippen molar-refractivity contribution in [2.45, 2.75) is 24.3 Å². The van der Waals surface area contributed by atoms with Crippen LogP contribution >= 0.6 is 0 Å². The van der Waals surface area contributed by atoms with Gasteiger partial charge in [-0.25, -0.2) is 17.9 Å². The first-order chi connectivity index (χ1) is 8.67. The third-order valence-electron chi connectivity index (χ3n) is 2.40. The van der Waals surface area contributed by atoms with E-state index in [1.165, 1.54) is 32.0 Å². The fourth-order valence-corrected chi connectivity index (χ4v) is 2.67. The average molecular weight is 286 g/mol. The predicted octanol–water partition coefficient (Wildman–Crippen LogP) is 0.170. The summed E-state index contributed by atoms with van der Waals surface area (Å²) in [6.45, 7) is 2.86. The van der Waals surface area contributed by atoms with Crippen molar-refractivity contribution in [3.63, 3.8) is 0 Å². The van der Waals surface area contributed by atoms with Gasteiger partial charge in [0.1, 0.15) is 0 Å². The number of fused-ring (bicyclic) bond motifs is 1. The number of nitrogens with one attached hydrogen (secondary N) is 2. The van der Waals surface area contributed by atoms with Gasteiger partial charge >= 0.3 is 5.76 Å². The lowest BCUT2D eigenvalue weighted by molar-refractivity contribution is 0.0857. The van der Waals surface area contributed by atoms with Gasteiger partial charge in [-0.05, 0) is 26.0 Å². The van der Waals surface area contributed by atoms with E-state index in [0.29, 0.717) is 5.52 Å². The van der Waals surface area contributed by atoms with Crippen molar-refractivity contribution < 1.29 is 17.9 Å². The van der Waals surface area contributed by atoms with Gasteiger partial charge in [-0.3, -0.25) is 4.98 Å². The molecular formula is C11H14N2O5S. The minimum atomic E-state index is -3.76. The van der Waals surface area contributed by atoms with Crippen molar-refractivity contribution in [3.05, 3.63) is 28.7 Å². The van der Waals surface area contributed by atoms with Crippen LogP contribution in [0, 0.1) is 0 Å². The highest BCUT2D eigenvalue weighted by atomic mass is 32.2. The summed E-state index contributed by atoms with van der Waals surface area (Å²) in [4.78, 5) is 13.4. The summed E-state index contributed by atoms with van der Waals surface area (Å²) >= 11 is 0. The van der Waals surface area contributed by atoms with Crippen molar-refractivity contribution in [1.82, 2.24) is 9.71 Å². The molecule has 0 bridgehead atoms. The summed E-state index contributed by atoms with van der Waals surface area (Å²) < 4.78 is 31.0. The molecule has 2 rings (SSSR count). The van der Waals surface area contributed by atoms with E-state index in [0.717, 1.165) is 0 Å². The second-order valence-electron chi connectivity index (χ2n) is 4.81. The number of aliphatic hydroxyl groups is 1. The third-order valence-corrected chi connectivity index (χ3v) is 3.80. The maximum absolute atomic E-state index is 12.0. The molecular weight excluding hydrogens is 272 g/mol. The lowest BCUT2D eigenvalue weighted by atomic mass is 10.1. The largest absolute Gasteiger partial charge is 0.417 e. The van der Waals surface area contributed by atoms with E-state index < -0.39 is 21.4 Å². The number of hydrogen-bond donors (Lipinski definition) is 3. The molecule has 0 spiro atoms. The monoisotopic (exact) mass is 286 g/mol. The summed E-state index contributed by atoms with van der Waals surface area (Å²) in [5.41, 5.74) is -0.569. The van der Waals surface area contributed by atoms with E-state index in [2.05, 4.69) is 9.71 Å². The second kappa shape index (κ2) is 4.48. The minimum absolute atomic E-state index is 0.0352. The Morgan fingerprint density at radius 1 is 1.42 bits per heavy atom. The molecule has 0 saturated carbocycles. The van der Waals surface area contributed by atoms with Crippen LogP contribution in [0.1, 0.15) is 13.8 Å². The quantitative estimate of drug-likeness (QED) is 0.741. The van der Waals surface area contributed by atoms with Gasteiger partial charge in [-0.2, -0.15) is 0 Å². The molecule has 8 heteroatoms. The average Bonchev–Trinajstić information content (AvgIpc) is 2.64. The standard InChI is InChI=1S/C11H14N2O5S/c1-11(2,15)6-12-19(16,17)7-3-4-8-9(5-7)18-10(14)13-8/h3-5,12,15H,6H2,1-2H3,(H,13,14). The van der Waals surface area contributed by atoms with Crippen molar-refractivity contribution in [2.24, 2.45) is 0 Å². The van der Waals surface area contributed by atoms with Crippen LogP contribution in [-0.4, -0.2) is 30.7 Å². The summed E-state index contributed by atoms with van der Waals surface area (Å²) in [5.74, 6) is -0.644. The first-order valence-corrected chi connectivity index (χ1v) is 7.01. The maximum atomic E-state index is 12.0. The SMILES string of the molecule is CC(C)(O)CNS(=O)(=O)c1ccc2[nH]c(=O)oc2c1. The molecule has 1 aromatic heterocycles. The Morgan fingerprint density at radius 3 is 2.74 bits per heavy atom. The number of benzene rings is 1. The van der Waals surface area contributed by atoms with Gasteiger partial charge in [-0.15, -0.1) is 0 Å². The van der Waals surface area contributed by atoms with E-state index in [4.69, 9.17) is 4.42 Å². The summed E-state index contributed by atoms with van der Waals surface area (Å²) in [6.07, 6.45) is 0. The molecule has 0 atom stereocenters. The first kappa shape index (κ1) is 13.8. The van der Waals surface area contributed by atoms with Crippen LogP contribution in [-0.2, 0) is 10.0 Å². The molecule has 0 radical (unpaired) electrons. The number of H-pyrrole nitrogens is 1. The van der Waals surface area contributed by atoms with E-state index in [1.54, 1.807) is 0 Å². The van der Waals surface area contributed by atoms with Gasteiger partial charge in [0, 0.05) is 12.6 Å². The van der Waals surface area contributed by atoms with Gasteiger partial charge in [0.25, 0.3) is 0 Å². The molecule has 0 unspecified atom stereocenters. The summed E-state index contributed by atoms with van der Waals surface area (Å²) in [5, 5.41) is 9.51. The first-order valence-electron chi connectivity index (χ1n) is 5.52. The zero-order chi connectivity index (χ0) is 14.3. The Balaban J connectivity index is 2.34. The van der Waals surface area contributed by atoms with Crippen LogP contribution in [0.15, 0.2) is 32.3 Å². The van der Waals surface area contributed by atoms with Crippen LogP contribution in [0.4, 0.5) is 0 Å². The fourth-order valence-electron chi connectivity index (χ4n) is 1.45. The van der Waals surface area contributed by atoms with Crippen LogP contribution < -0.4 is 10.5 Å². The van der Waals surface area contributed by atoms with E-state index >= 15 is 0 Å². The molecule has 7 nitrogen and oxygen atoms in total. The Kier molecular flexibility index (Phi) is 3.25. The van der Waals surface area contributed by atoms with Crippen LogP contribution in [0.3, 0.4) is 0 Å². The van der Waals surface area contributed by atoms with Gasteiger partial charge in [0.15, 0.2) is 5.58 Å². The van der Waals surface area contributed by atoms with E-state index in [1.807, 2.05) is 0 Å². The molecule has 1 heterocycles. The molecule has 19 heavy (non-hydrogen) atoms. The molecule has 0 aliphatic rings. The van der Waals surface area contributed by atoms with Crippen molar-refractivity contribution in [2.75, 3.05) is 6.54 Å². The Labute approximate surface area is 109 Å². The maximum Gasteiger partial charge on any atom is 0.417 e. The zero-order valence-corrected chi connectivity index (χ0v) is 11.2. The molecule has 2 aromatic rings. The molecule has 1 aromatic carbocycles. The molecule has 0 aliphatic heterocycles. The summed E-state index contributed by atoms with van der Waals surface area (Å²) in [7, 11) is -3.76. The van der Waals surface area contributed by atoms with Crippen LogP contribution in [0.25, 0.3) is 11.1 Å². The number of rotatable bonds is 4. The number of hydrogen-bond acceptors (Lipinski definition) is 5. The van der Waals surface area contributed by atoms with Crippen LogP contribution in [0.5, 0.6) is 0 Å². The van der Waals surface area contributed by atoms with E-state index in [9.17, 15) is 18.3 Å². The zero-order valence-electron chi connectivity index (χ0n) is 10.4. The normalized spacial score (nSPS) is 13.0. The highest BCUT2D eigenvalue weighted by molar-refractivity contribution is 7.89. The topological polar surface area (TPSA) is 112 Å². The van der Waals surface area contributed by atoms with Gasteiger partial charge in [0.05, 0.1) is 16.0 Å². The Morgan fingerprint density at radius 2 is 2.11 bits per heavy atom. The molecule has 0 saturated heterocycles. The number of aromatic nitrogens is 1. The van der Waals surface area contributed by atoms with Gasteiger partial charge in [0.2, 0.25) is 10.0 Å². The molecule has 0 aliphatic carbocycles. The Hall–Kier alpha value is -1.64. The molecule has 0 fully saturated rings. The smallest absolute Gasteiger partial charge is 0.408 e. The second-order valence-corrected chi connectivity index (χ2v) is 6.58. The minimum Gasteiger partial charge on any atom is -0.408 e. The fraction of sp³-hybridized carbons (Fsp3) is 0.364. The number of sulfonamides is 1. The highest BCUT2D eigenvalue weighted by Gasteiger charge is 2.20. The number of oxazole rings is 1. The van der Waals surface area contributed by atoms with Crippen molar-refractivity contribution >= 4 is 21.1 Å². The molecule has 0 amide bonds. The predicted molar refractivity (Wildman–Crippen MR) is 68.3 cm³/mol. The van der Waals surface area contributed by atoms with Gasteiger partial charge in [-0.1, -0.05) is 0 Å². The summed E-state index contributed by atoms with van der Waals surface area (Å²) in [6, 6.07) is 4.04. The number of aromatic amines is 1. The molecule has 3 N–H and O–H groups in total. The highest BCUT2D eigenvalue weighted by Crippen LogP contribution is 2.16.